The summed E-state index contributed by atoms with van der Waals surface area (Å²) in [7, 11) is 0. The standard InChI is InChI=1S/C9H10N2OS/c10-11-12-7-9(13-11)6-8-4-2-1-3-5-8/h1-5,7H,6,10H2. The fraction of sp³-hybridized carbons (Fsp3) is 0.111. The number of hydrazine groups is 1. The molecule has 0 unspecified atom stereocenters. The monoisotopic (exact) mass is 194 g/mol. The van der Waals surface area contributed by atoms with Gasteiger partial charge in [-0.1, -0.05) is 30.3 Å². The minimum Gasteiger partial charge on any atom is -0.387 e. The summed E-state index contributed by atoms with van der Waals surface area (Å²) in [5.41, 5.74) is 1.26. The maximum atomic E-state index is 5.40. The van der Waals surface area contributed by atoms with Gasteiger partial charge < -0.3 is 4.84 Å². The topological polar surface area (TPSA) is 38.5 Å². The van der Waals surface area contributed by atoms with Crippen molar-refractivity contribution in [2.24, 2.45) is 5.84 Å². The van der Waals surface area contributed by atoms with Crippen LogP contribution in [-0.4, -0.2) is 4.58 Å². The zero-order chi connectivity index (χ0) is 9.10. The summed E-state index contributed by atoms with van der Waals surface area (Å²) in [5.74, 6) is 5.40. The second-order valence-electron chi connectivity index (χ2n) is 2.73. The maximum Gasteiger partial charge on any atom is 0.126 e. The third-order valence-electron chi connectivity index (χ3n) is 1.72. The number of benzene rings is 1. The highest BCUT2D eigenvalue weighted by Crippen LogP contribution is 2.27. The van der Waals surface area contributed by atoms with Crippen LogP contribution < -0.4 is 5.84 Å². The minimum absolute atomic E-state index is 0.874. The first-order valence-corrected chi connectivity index (χ1v) is 4.74. The van der Waals surface area contributed by atoms with E-state index in [9.17, 15) is 0 Å². The Labute approximate surface area is 81.2 Å². The highest BCUT2D eigenvalue weighted by molar-refractivity contribution is 8.00. The van der Waals surface area contributed by atoms with Gasteiger partial charge >= 0.3 is 0 Å². The van der Waals surface area contributed by atoms with Gasteiger partial charge in [0.25, 0.3) is 0 Å². The summed E-state index contributed by atoms with van der Waals surface area (Å²) < 4.78 is 1.25. The smallest absolute Gasteiger partial charge is 0.126 e. The molecule has 1 aliphatic heterocycles. The van der Waals surface area contributed by atoms with Gasteiger partial charge in [-0.2, -0.15) is 0 Å². The molecule has 0 saturated carbocycles. The van der Waals surface area contributed by atoms with Crippen LogP contribution in [0.25, 0.3) is 0 Å². The Balaban J connectivity index is 2.00. The van der Waals surface area contributed by atoms with Crippen LogP contribution in [0, 0.1) is 0 Å². The average Bonchev–Trinajstić information content (AvgIpc) is 2.53. The molecule has 13 heavy (non-hydrogen) atoms. The molecule has 0 aromatic heterocycles. The molecule has 1 aromatic carbocycles. The van der Waals surface area contributed by atoms with Gasteiger partial charge in [-0.3, -0.25) is 0 Å². The first-order chi connectivity index (χ1) is 6.34. The lowest BCUT2D eigenvalue weighted by Gasteiger charge is -2.03. The quantitative estimate of drug-likeness (QED) is 0.576. The van der Waals surface area contributed by atoms with E-state index in [1.807, 2.05) is 18.2 Å². The third kappa shape index (κ3) is 2.24. The van der Waals surface area contributed by atoms with E-state index in [1.54, 1.807) is 6.26 Å². The van der Waals surface area contributed by atoms with Crippen molar-refractivity contribution < 1.29 is 4.84 Å². The lowest BCUT2D eigenvalue weighted by molar-refractivity contribution is 0.00420. The van der Waals surface area contributed by atoms with Gasteiger partial charge in [0.2, 0.25) is 0 Å². The number of rotatable bonds is 2. The molecular formula is C9H10N2OS. The molecule has 0 spiro atoms. The van der Waals surface area contributed by atoms with Crippen molar-refractivity contribution in [3.05, 3.63) is 47.1 Å². The lowest BCUT2D eigenvalue weighted by Crippen LogP contribution is -2.17. The molecule has 0 bridgehead atoms. The minimum atomic E-state index is 0.874. The molecule has 1 heterocycles. The lowest BCUT2D eigenvalue weighted by atomic mass is 10.1. The predicted molar refractivity (Wildman–Crippen MR) is 52.9 cm³/mol. The average molecular weight is 194 g/mol. The first kappa shape index (κ1) is 8.62. The summed E-state index contributed by atoms with van der Waals surface area (Å²) in [6, 6.07) is 10.2. The molecule has 0 saturated heterocycles. The van der Waals surface area contributed by atoms with Gasteiger partial charge in [0.1, 0.15) is 6.26 Å². The van der Waals surface area contributed by atoms with Crippen molar-refractivity contribution in [3.8, 4) is 0 Å². The van der Waals surface area contributed by atoms with Crippen molar-refractivity contribution in [2.45, 2.75) is 6.42 Å². The second-order valence-corrected chi connectivity index (χ2v) is 3.80. The number of nitrogens with two attached hydrogens (primary N) is 1. The van der Waals surface area contributed by atoms with E-state index >= 15 is 0 Å². The summed E-state index contributed by atoms with van der Waals surface area (Å²) in [6.07, 6.45) is 2.55. The van der Waals surface area contributed by atoms with Gasteiger partial charge in [-0.25, -0.2) is 5.84 Å². The molecule has 1 aliphatic rings. The molecule has 0 atom stereocenters. The van der Waals surface area contributed by atoms with Crippen LogP contribution in [0.5, 0.6) is 0 Å². The van der Waals surface area contributed by atoms with Gasteiger partial charge in [0.05, 0.1) is 0 Å². The van der Waals surface area contributed by atoms with Gasteiger partial charge in [-0.15, -0.1) is 0 Å². The third-order valence-corrected chi connectivity index (χ3v) is 2.46. The summed E-state index contributed by atoms with van der Waals surface area (Å²) >= 11 is 1.41. The molecule has 68 valence electrons. The van der Waals surface area contributed by atoms with E-state index in [0.29, 0.717) is 0 Å². The second kappa shape index (κ2) is 3.83. The number of allylic oxidation sites excluding steroid dienone is 1. The molecule has 4 heteroatoms. The highest BCUT2D eigenvalue weighted by Gasteiger charge is 2.13. The maximum absolute atomic E-state index is 5.40. The fourth-order valence-electron chi connectivity index (χ4n) is 1.14. The zero-order valence-corrected chi connectivity index (χ0v) is 7.83. The summed E-state index contributed by atoms with van der Waals surface area (Å²) in [6.45, 7) is 0. The predicted octanol–water partition coefficient (Wildman–Crippen LogP) is 1.84. The molecule has 2 N–H and O–H groups in total. The van der Waals surface area contributed by atoms with Crippen LogP contribution in [0.2, 0.25) is 0 Å². The van der Waals surface area contributed by atoms with Crippen molar-refractivity contribution in [1.82, 2.24) is 4.58 Å². The zero-order valence-electron chi connectivity index (χ0n) is 7.01. The van der Waals surface area contributed by atoms with E-state index in [2.05, 4.69) is 12.1 Å². The van der Waals surface area contributed by atoms with Crippen LogP contribution in [0.3, 0.4) is 0 Å². The molecule has 0 amide bonds. The van der Waals surface area contributed by atoms with Crippen LogP contribution in [0.1, 0.15) is 5.56 Å². The van der Waals surface area contributed by atoms with Gasteiger partial charge in [0.15, 0.2) is 0 Å². The molecule has 0 aliphatic carbocycles. The normalized spacial score (nSPS) is 16.8. The van der Waals surface area contributed by atoms with Crippen molar-refractivity contribution in [2.75, 3.05) is 0 Å². The highest BCUT2D eigenvalue weighted by atomic mass is 32.2. The Morgan fingerprint density at radius 3 is 2.69 bits per heavy atom. The molecule has 2 rings (SSSR count). The molecular weight excluding hydrogens is 184 g/mol. The molecule has 0 fully saturated rings. The number of hydrogen-bond donors (Lipinski definition) is 1. The Kier molecular flexibility index (Phi) is 2.54. The van der Waals surface area contributed by atoms with E-state index in [-0.39, 0.29) is 0 Å². The van der Waals surface area contributed by atoms with Gasteiger partial charge in [-0.05, 0) is 10.1 Å². The number of nitrogens with zero attached hydrogens (tertiary/aromatic N) is 1. The molecule has 0 radical (unpaired) electrons. The van der Waals surface area contributed by atoms with E-state index in [1.165, 1.54) is 22.1 Å². The Bertz CT molecular complexity index is 313. The van der Waals surface area contributed by atoms with Gasteiger partial charge in [0, 0.05) is 23.3 Å². The Morgan fingerprint density at radius 1 is 1.31 bits per heavy atom. The van der Waals surface area contributed by atoms with Crippen LogP contribution in [0.4, 0.5) is 0 Å². The van der Waals surface area contributed by atoms with E-state index in [0.717, 1.165) is 11.3 Å². The van der Waals surface area contributed by atoms with Crippen LogP contribution in [0.15, 0.2) is 41.5 Å². The van der Waals surface area contributed by atoms with Crippen molar-refractivity contribution in [1.29, 1.82) is 0 Å². The van der Waals surface area contributed by atoms with Crippen LogP contribution >= 0.6 is 11.9 Å². The Hall–Kier alpha value is -0.970. The SMILES string of the molecule is NN1OC=C(Cc2ccccc2)S1. The molecule has 3 nitrogen and oxygen atoms in total. The largest absolute Gasteiger partial charge is 0.387 e. The van der Waals surface area contributed by atoms with E-state index < -0.39 is 0 Å². The van der Waals surface area contributed by atoms with Crippen LogP contribution in [-0.2, 0) is 11.3 Å². The van der Waals surface area contributed by atoms with E-state index in [4.69, 9.17) is 10.7 Å². The fourth-order valence-corrected chi connectivity index (χ4v) is 1.77. The molecule has 1 aromatic rings. The van der Waals surface area contributed by atoms with Crippen molar-refractivity contribution in [3.63, 3.8) is 0 Å². The first-order valence-electron chi connectivity index (χ1n) is 3.97. The number of hydrogen-bond acceptors (Lipinski definition) is 4. The van der Waals surface area contributed by atoms with Crippen molar-refractivity contribution >= 4 is 11.9 Å². The Morgan fingerprint density at radius 2 is 2.08 bits per heavy atom. The summed E-state index contributed by atoms with van der Waals surface area (Å²) in [5, 5.41) is 0. The summed E-state index contributed by atoms with van der Waals surface area (Å²) in [4.78, 5) is 6.07.